The molecule has 1 atom stereocenters. The summed E-state index contributed by atoms with van der Waals surface area (Å²) in [5.74, 6) is -3.16. The molecule has 1 saturated carbocycles. The van der Waals surface area contributed by atoms with Crippen molar-refractivity contribution in [1.82, 2.24) is 20.1 Å². The van der Waals surface area contributed by atoms with Crippen molar-refractivity contribution >= 4 is 42.0 Å². The summed E-state index contributed by atoms with van der Waals surface area (Å²) >= 11 is 5.24. The third-order valence-corrected chi connectivity index (χ3v) is 7.10. The number of hydrogen-bond acceptors (Lipinski definition) is 4. The monoisotopic (exact) mass is 491 g/mol. The number of alkyl halides is 3. The van der Waals surface area contributed by atoms with Crippen LogP contribution in [0, 0.1) is 0 Å². The number of aliphatic hydroxyl groups is 1. The van der Waals surface area contributed by atoms with Gasteiger partial charge in [-0.2, -0.15) is 0 Å². The van der Waals surface area contributed by atoms with Gasteiger partial charge in [-0.05, 0) is 0 Å². The van der Waals surface area contributed by atoms with Gasteiger partial charge >= 0.3 is 177 Å². The molecule has 2 heterocycles. The molecular formula is C18H20AsClF3N4O2. The molecule has 1 amide bonds. The topological polar surface area (TPSA) is 80.0 Å². The van der Waals surface area contributed by atoms with Gasteiger partial charge in [-0.3, -0.25) is 0 Å². The molecule has 0 aromatic carbocycles. The van der Waals surface area contributed by atoms with Gasteiger partial charge in [0, 0.05) is 0 Å². The summed E-state index contributed by atoms with van der Waals surface area (Å²) in [6.45, 7) is 2.29. The first-order valence-corrected chi connectivity index (χ1v) is 11.1. The predicted octanol–water partition coefficient (Wildman–Crippen LogP) is 1.40. The Balaban J connectivity index is 1.71. The summed E-state index contributed by atoms with van der Waals surface area (Å²) in [7, 11) is 0. The molecule has 2 aromatic heterocycles. The van der Waals surface area contributed by atoms with Crippen LogP contribution >= 0.6 is 11.6 Å². The van der Waals surface area contributed by atoms with E-state index in [4.69, 9.17) is 11.6 Å². The number of carbonyl (C=O) groups is 1. The van der Waals surface area contributed by atoms with E-state index in [1.54, 1.807) is 18.5 Å². The Morgan fingerprint density at radius 3 is 2.79 bits per heavy atom. The van der Waals surface area contributed by atoms with E-state index in [9.17, 15) is 23.1 Å². The molecule has 2 aromatic rings. The second-order valence-electron chi connectivity index (χ2n) is 7.56. The Morgan fingerprint density at radius 1 is 1.48 bits per heavy atom. The molecule has 0 spiro atoms. The fourth-order valence-corrected chi connectivity index (χ4v) is 5.24. The molecule has 2 N–H and O–H groups in total. The summed E-state index contributed by atoms with van der Waals surface area (Å²) in [5, 5.41) is 16.5. The van der Waals surface area contributed by atoms with E-state index in [2.05, 4.69) is 15.4 Å². The fourth-order valence-electron chi connectivity index (χ4n) is 2.76. The van der Waals surface area contributed by atoms with Gasteiger partial charge in [-0.1, -0.05) is 0 Å². The number of carbonyl (C=O) groups excluding carboxylic acids is 1. The summed E-state index contributed by atoms with van der Waals surface area (Å²) < 4.78 is 43.0. The summed E-state index contributed by atoms with van der Waals surface area (Å²) in [5.41, 5.74) is -1.33. The number of pyridine rings is 1. The number of hydrogen-bond donors (Lipinski definition) is 2. The molecule has 0 bridgehead atoms. The normalized spacial score (nSPS) is 18.0. The van der Waals surface area contributed by atoms with E-state index in [1.807, 2.05) is 0 Å². The first-order chi connectivity index (χ1) is 13.4. The predicted molar refractivity (Wildman–Crippen MR) is 103 cm³/mol. The molecular weight excluding hydrogens is 472 g/mol. The second-order valence-corrected chi connectivity index (χ2v) is 10.5. The fraction of sp³-hybridized carbons (Fsp3) is 0.500. The zero-order chi connectivity index (χ0) is 21.4. The molecule has 1 radical (unpaired) electrons. The Labute approximate surface area is 177 Å². The maximum absolute atomic E-state index is 13.9. The van der Waals surface area contributed by atoms with Crippen LogP contribution in [0.3, 0.4) is 0 Å². The average molecular weight is 492 g/mol. The zero-order valence-corrected chi connectivity index (χ0v) is 18.4. The molecule has 157 valence electrons. The van der Waals surface area contributed by atoms with Crippen molar-refractivity contribution in [3.05, 3.63) is 35.4 Å². The molecule has 1 fully saturated rings. The molecule has 3 rings (SSSR count). The van der Waals surface area contributed by atoms with Crippen LogP contribution in [0.5, 0.6) is 0 Å². The van der Waals surface area contributed by atoms with Crippen molar-refractivity contribution in [2.24, 2.45) is 0 Å². The van der Waals surface area contributed by atoms with Crippen LogP contribution in [0.4, 0.5) is 13.2 Å². The standard InChI is InChI=1S/C18H20AsClF3N4O2/c1-17(2,29)14(21)8-25-16(28)12-7-24-15(20)3-13(12)19-10-6-26-27(9-10)11-4-18(22,23)5-11/h3,6-7,9,11,14,29H,4-5,8H2,1-2H3,(H,25,28). The quantitative estimate of drug-likeness (QED) is 0.453. The summed E-state index contributed by atoms with van der Waals surface area (Å²) in [6.07, 6.45) is 2.52. The third-order valence-electron chi connectivity index (χ3n) is 4.58. The minimum atomic E-state index is -2.63. The third kappa shape index (κ3) is 5.52. The van der Waals surface area contributed by atoms with Crippen LogP contribution in [0.1, 0.15) is 43.1 Å². The maximum atomic E-state index is 13.9. The van der Waals surface area contributed by atoms with Gasteiger partial charge in [0.05, 0.1) is 0 Å². The van der Waals surface area contributed by atoms with Gasteiger partial charge in [0.1, 0.15) is 0 Å². The van der Waals surface area contributed by atoms with Crippen LogP contribution in [0.25, 0.3) is 0 Å². The Bertz CT molecular complexity index is 895. The molecule has 1 aliphatic rings. The number of halogens is 4. The van der Waals surface area contributed by atoms with Crippen molar-refractivity contribution in [3.8, 4) is 0 Å². The van der Waals surface area contributed by atoms with Gasteiger partial charge in [0.2, 0.25) is 0 Å². The first-order valence-electron chi connectivity index (χ1n) is 8.88. The molecule has 0 saturated heterocycles. The Kier molecular flexibility index (Phi) is 6.32. The number of rotatable bonds is 7. The Hall–Kier alpha value is -1.57. The van der Waals surface area contributed by atoms with Crippen LogP contribution < -0.4 is 14.0 Å². The van der Waals surface area contributed by atoms with E-state index < -0.39 is 39.4 Å². The summed E-state index contributed by atoms with van der Waals surface area (Å²) in [6, 6.07) is 1.24. The summed E-state index contributed by atoms with van der Waals surface area (Å²) in [4.78, 5) is 16.4. The minimum absolute atomic E-state index is 0.206. The van der Waals surface area contributed by atoms with E-state index in [-0.39, 0.29) is 36.1 Å². The molecule has 6 nitrogen and oxygen atoms in total. The number of nitrogens with zero attached hydrogens (tertiary/aromatic N) is 3. The number of nitrogens with one attached hydrogen (secondary N) is 1. The van der Waals surface area contributed by atoms with Crippen molar-refractivity contribution in [2.75, 3.05) is 6.54 Å². The van der Waals surface area contributed by atoms with E-state index in [0.717, 1.165) is 4.35 Å². The van der Waals surface area contributed by atoms with Crippen molar-refractivity contribution in [1.29, 1.82) is 0 Å². The van der Waals surface area contributed by atoms with Crippen LogP contribution in [-0.4, -0.2) is 65.8 Å². The second kappa shape index (κ2) is 8.28. The van der Waals surface area contributed by atoms with Gasteiger partial charge in [0.25, 0.3) is 0 Å². The molecule has 29 heavy (non-hydrogen) atoms. The molecule has 11 heteroatoms. The van der Waals surface area contributed by atoms with Crippen molar-refractivity contribution in [3.63, 3.8) is 0 Å². The van der Waals surface area contributed by atoms with Gasteiger partial charge in [-0.25, -0.2) is 0 Å². The van der Waals surface area contributed by atoms with Gasteiger partial charge in [-0.15, -0.1) is 0 Å². The van der Waals surface area contributed by atoms with E-state index in [0.29, 0.717) is 4.35 Å². The molecule has 0 aliphatic heterocycles. The first kappa shape index (κ1) is 22.1. The zero-order valence-electron chi connectivity index (χ0n) is 15.7. The number of aromatic nitrogens is 3. The Morgan fingerprint density at radius 2 is 2.17 bits per heavy atom. The average Bonchev–Trinajstić information content (AvgIpc) is 3.04. The van der Waals surface area contributed by atoms with Crippen LogP contribution in [0.15, 0.2) is 24.7 Å². The van der Waals surface area contributed by atoms with Crippen molar-refractivity contribution < 1.29 is 23.1 Å². The van der Waals surface area contributed by atoms with Crippen molar-refractivity contribution in [2.45, 2.75) is 50.4 Å². The van der Waals surface area contributed by atoms with Gasteiger partial charge in [0.15, 0.2) is 0 Å². The van der Waals surface area contributed by atoms with Gasteiger partial charge < -0.3 is 0 Å². The number of amides is 1. The van der Waals surface area contributed by atoms with Crippen LogP contribution in [-0.2, 0) is 0 Å². The van der Waals surface area contributed by atoms with Crippen LogP contribution in [0.2, 0.25) is 5.15 Å². The van der Waals surface area contributed by atoms with E-state index in [1.165, 1.54) is 24.7 Å². The SMILES string of the molecule is CC(C)(O)C(F)CNC(=O)c1cnc(Cl)cc1[As]c1cnn(C2CC(F)(F)C2)c1. The van der Waals surface area contributed by atoms with E-state index >= 15 is 0 Å². The molecule has 1 unspecified atom stereocenters. The molecule has 1 aliphatic carbocycles.